The van der Waals surface area contributed by atoms with Crippen LogP contribution in [-0.4, -0.2) is 21.0 Å². The standard InChI is InChI=1S/C18H14ClN3O2S/c19-12-4-1-10(2-5-12)8-22-18(24)14-9-21-15-7-11(17(20)25)3-6-13(15)16(14)23/h1-7,9H,8H2,(H2,20,25)(H,21,23)(H,22,24). The normalized spacial score (nSPS) is 10.6. The minimum absolute atomic E-state index is 0.101. The Hall–Kier alpha value is -2.70. The van der Waals surface area contributed by atoms with Crippen LogP contribution < -0.4 is 11.1 Å². The van der Waals surface area contributed by atoms with E-state index >= 15 is 0 Å². The second-order valence-corrected chi connectivity index (χ2v) is 6.30. The monoisotopic (exact) mass is 371 g/mol. The maximum Gasteiger partial charge on any atom is 0.256 e. The first-order chi connectivity index (χ1) is 12.0. The number of aromatic hydroxyl groups is 1. The number of nitrogens with zero attached hydrogens (tertiary/aromatic N) is 1. The van der Waals surface area contributed by atoms with Gasteiger partial charge in [0.1, 0.15) is 16.3 Å². The number of hydrogen-bond donors (Lipinski definition) is 3. The molecule has 1 aromatic heterocycles. The van der Waals surface area contributed by atoms with Crippen LogP contribution in [-0.2, 0) is 6.54 Å². The van der Waals surface area contributed by atoms with E-state index in [0.29, 0.717) is 28.0 Å². The third kappa shape index (κ3) is 3.70. The second kappa shape index (κ2) is 7.04. The van der Waals surface area contributed by atoms with E-state index in [4.69, 9.17) is 29.6 Å². The second-order valence-electron chi connectivity index (χ2n) is 5.43. The molecule has 0 bridgehead atoms. The number of pyridine rings is 1. The van der Waals surface area contributed by atoms with Gasteiger partial charge in [0.05, 0.1) is 5.52 Å². The van der Waals surface area contributed by atoms with Crippen molar-refractivity contribution in [2.75, 3.05) is 0 Å². The van der Waals surface area contributed by atoms with Crippen LogP contribution in [0.2, 0.25) is 5.02 Å². The van der Waals surface area contributed by atoms with Gasteiger partial charge in [0.25, 0.3) is 5.91 Å². The summed E-state index contributed by atoms with van der Waals surface area (Å²) in [4.78, 5) is 16.8. The largest absolute Gasteiger partial charge is 0.506 e. The topological polar surface area (TPSA) is 88.2 Å². The Labute approximate surface area is 154 Å². The van der Waals surface area contributed by atoms with Crippen molar-refractivity contribution in [2.24, 2.45) is 5.73 Å². The van der Waals surface area contributed by atoms with Crippen molar-refractivity contribution in [3.8, 4) is 5.75 Å². The average molecular weight is 372 g/mol. The highest BCUT2D eigenvalue weighted by molar-refractivity contribution is 7.80. The quantitative estimate of drug-likeness (QED) is 0.613. The number of nitrogens with two attached hydrogens (primary N) is 1. The van der Waals surface area contributed by atoms with Crippen molar-refractivity contribution in [3.05, 3.63) is 70.4 Å². The van der Waals surface area contributed by atoms with Crippen LogP contribution in [0.4, 0.5) is 0 Å². The summed E-state index contributed by atoms with van der Waals surface area (Å²) >= 11 is 10.8. The molecule has 0 saturated carbocycles. The summed E-state index contributed by atoms with van der Waals surface area (Å²) in [7, 11) is 0. The van der Waals surface area contributed by atoms with E-state index in [1.807, 2.05) is 12.1 Å². The first-order valence-electron chi connectivity index (χ1n) is 7.40. The lowest BCUT2D eigenvalue weighted by molar-refractivity contribution is 0.0948. The highest BCUT2D eigenvalue weighted by atomic mass is 35.5. The fourth-order valence-electron chi connectivity index (χ4n) is 2.38. The van der Waals surface area contributed by atoms with E-state index in [9.17, 15) is 9.90 Å². The highest BCUT2D eigenvalue weighted by Gasteiger charge is 2.15. The minimum Gasteiger partial charge on any atom is -0.506 e. The van der Waals surface area contributed by atoms with Crippen LogP contribution >= 0.6 is 23.8 Å². The molecular weight excluding hydrogens is 358 g/mol. The average Bonchev–Trinajstić information content (AvgIpc) is 2.61. The number of aromatic nitrogens is 1. The maximum atomic E-state index is 12.3. The zero-order valence-electron chi connectivity index (χ0n) is 13.0. The van der Waals surface area contributed by atoms with Crippen LogP contribution in [0.5, 0.6) is 5.75 Å². The number of amides is 1. The summed E-state index contributed by atoms with van der Waals surface area (Å²) < 4.78 is 0. The van der Waals surface area contributed by atoms with Crippen molar-refractivity contribution in [3.63, 3.8) is 0 Å². The number of nitrogens with one attached hydrogen (secondary N) is 1. The Bertz CT molecular complexity index is 974. The number of benzene rings is 2. The summed E-state index contributed by atoms with van der Waals surface area (Å²) in [6.45, 7) is 0.313. The molecule has 0 aliphatic heterocycles. The van der Waals surface area contributed by atoms with E-state index in [-0.39, 0.29) is 16.3 Å². The molecule has 25 heavy (non-hydrogen) atoms. The molecule has 0 aliphatic carbocycles. The first-order valence-corrected chi connectivity index (χ1v) is 8.18. The van der Waals surface area contributed by atoms with Crippen LogP contribution in [0.3, 0.4) is 0 Å². The van der Waals surface area contributed by atoms with Gasteiger partial charge in [0.2, 0.25) is 0 Å². The molecule has 3 rings (SSSR count). The molecule has 3 aromatic rings. The fraction of sp³-hybridized carbons (Fsp3) is 0.0556. The minimum atomic E-state index is -0.416. The maximum absolute atomic E-state index is 12.3. The Kier molecular flexibility index (Phi) is 4.83. The zero-order chi connectivity index (χ0) is 18.0. The summed E-state index contributed by atoms with van der Waals surface area (Å²) in [6, 6.07) is 12.1. The van der Waals surface area contributed by atoms with E-state index in [1.165, 1.54) is 6.20 Å². The molecule has 7 heteroatoms. The molecule has 2 aromatic carbocycles. The Morgan fingerprint density at radius 1 is 1.24 bits per heavy atom. The molecule has 0 aliphatic rings. The molecule has 126 valence electrons. The third-order valence-electron chi connectivity index (χ3n) is 3.74. The van der Waals surface area contributed by atoms with Crippen LogP contribution in [0.15, 0.2) is 48.7 Å². The van der Waals surface area contributed by atoms with Crippen molar-refractivity contribution in [2.45, 2.75) is 6.54 Å². The summed E-state index contributed by atoms with van der Waals surface area (Å²) in [5.41, 5.74) is 7.75. The molecule has 1 heterocycles. The molecule has 0 spiro atoms. The molecule has 4 N–H and O–H groups in total. The Balaban J connectivity index is 1.83. The van der Waals surface area contributed by atoms with Crippen LogP contribution in [0.25, 0.3) is 10.9 Å². The van der Waals surface area contributed by atoms with Gasteiger partial charge in [-0.05, 0) is 29.8 Å². The first kappa shape index (κ1) is 17.1. The van der Waals surface area contributed by atoms with E-state index in [0.717, 1.165) is 5.56 Å². The lowest BCUT2D eigenvalue weighted by Crippen LogP contribution is -2.23. The van der Waals surface area contributed by atoms with Crippen molar-refractivity contribution >= 4 is 45.6 Å². The van der Waals surface area contributed by atoms with Gasteiger partial charge >= 0.3 is 0 Å². The molecular formula is C18H14ClN3O2S. The predicted octanol–water partition coefficient (Wildman–Crippen LogP) is 3.16. The predicted molar refractivity (Wildman–Crippen MR) is 102 cm³/mol. The molecule has 5 nitrogen and oxygen atoms in total. The third-order valence-corrected chi connectivity index (χ3v) is 4.22. The Morgan fingerprint density at radius 2 is 1.96 bits per heavy atom. The van der Waals surface area contributed by atoms with Crippen LogP contribution in [0, 0.1) is 0 Å². The number of carbonyl (C=O) groups is 1. The van der Waals surface area contributed by atoms with Gasteiger partial charge in [0, 0.05) is 28.7 Å². The summed E-state index contributed by atoms with van der Waals surface area (Å²) in [6.07, 6.45) is 1.33. The van der Waals surface area contributed by atoms with E-state index in [1.54, 1.807) is 30.3 Å². The number of thiocarbonyl (C=S) groups is 1. The smallest absolute Gasteiger partial charge is 0.256 e. The number of halogens is 1. The van der Waals surface area contributed by atoms with Gasteiger partial charge in [-0.1, -0.05) is 42.0 Å². The van der Waals surface area contributed by atoms with Crippen molar-refractivity contribution in [1.82, 2.24) is 10.3 Å². The Morgan fingerprint density at radius 3 is 2.64 bits per heavy atom. The number of hydrogen-bond acceptors (Lipinski definition) is 4. The van der Waals surface area contributed by atoms with Gasteiger partial charge in [-0.15, -0.1) is 0 Å². The van der Waals surface area contributed by atoms with Crippen molar-refractivity contribution < 1.29 is 9.90 Å². The van der Waals surface area contributed by atoms with Gasteiger partial charge in [-0.2, -0.15) is 0 Å². The molecule has 0 atom stereocenters. The fourth-order valence-corrected chi connectivity index (χ4v) is 2.63. The molecule has 0 saturated heterocycles. The number of carbonyl (C=O) groups excluding carboxylic acids is 1. The van der Waals surface area contributed by atoms with Crippen molar-refractivity contribution in [1.29, 1.82) is 0 Å². The van der Waals surface area contributed by atoms with Gasteiger partial charge in [-0.3, -0.25) is 9.78 Å². The van der Waals surface area contributed by atoms with E-state index < -0.39 is 5.91 Å². The SMILES string of the molecule is NC(=S)c1ccc2c(O)c(C(=O)NCc3ccc(Cl)cc3)cnc2c1. The summed E-state index contributed by atoms with van der Waals surface area (Å²) in [5, 5.41) is 14.2. The molecule has 0 fully saturated rings. The van der Waals surface area contributed by atoms with Crippen LogP contribution in [0.1, 0.15) is 21.5 Å². The number of rotatable bonds is 4. The zero-order valence-corrected chi connectivity index (χ0v) is 14.6. The van der Waals surface area contributed by atoms with E-state index in [2.05, 4.69) is 10.3 Å². The van der Waals surface area contributed by atoms with Gasteiger partial charge < -0.3 is 16.2 Å². The van der Waals surface area contributed by atoms with Gasteiger partial charge in [-0.25, -0.2) is 0 Å². The number of fused-ring (bicyclic) bond motifs is 1. The molecule has 1 amide bonds. The molecule has 0 unspecified atom stereocenters. The lowest BCUT2D eigenvalue weighted by atomic mass is 10.1. The summed E-state index contributed by atoms with van der Waals surface area (Å²) in [5.74, 6) is -0.548. The lowest BCUT2D eigenvalue weighted by Gasteiger charge is -2.09. The molecule has 0 radical (unpaired) electrons. The van der Waals surface area contributed by atoms with Gasteiger partial charge in [0.15, 0.2) is 0 Å². The highest BCUT2D eigenvalue weighted by Crippen LogP contribution is 2.27.